The number of hydrogen-bond acceptors (Lipinski definition) is 3. The third-order valence-corrected chi connectivity index (χ3v) is 7.14. The Kier molecular flexibility index (Phi) is 5.98. The van der Waals surface area contributed by atoms with Crippen LogP contribution in [0.4, 0.5) is 0 Å². The van der Waals surface area contributed by atoms with E-state index >= 15 is 0 Å². The summed E-state index contributed by atoms with van der Waals surface area (Å²) in [4.78, 5) is 26.9. The number of primary amides is 1. The molecule has 0 radical (unpaired) electrons. The molecule has 1 aliphatic heterocycles. The summed E-state index contributed by atoms with van der Waals surface area (Å²) in [5.41, 5.74) is 14.8. The number of fused-ring (bicyclic) bond motifs is 1. The summed E-state index contributed by atoms with van der Waals surface area (Å²) in [6.45, 7) is 11.5. The largest absolute Gasteiger partial charge is 0.366 e. The van der Waals surface area contributed by atoms with E-state index in [0.29, 0.717) is 24.2 Å². The predicted octanol–water partition coefficient (Wildman–Crippen LogP) is 5.71. The highest BCUT2D eigenvalue weighted by molar-refractivity contribution is 5.95. The second kappa shape index (κ2) is 9.04. The van der Waals surface area contributed by atoms with Gasteiger partial charge in [-0.2, -0.15) is 5.10 Å². The van der Waals surface area contributed by atoms with Gasteiger partial charge in [0, 0.05) is 22.3 Å². The molecule has 5 rings (SSSR count). The Bertz CT molecular complexity index is 1490. The average molecular weight is 493 g/mol. The Balaban J connectivity index is 1.55. The summed E-state index contributed by atoms with van der Waals surface area (Å²) in [5, 5.41) is 5.02. The van der Waals surface area contributed by atoms with Crippen LogP contribution >= 0.6 is 0 Å². The van der Waals surface area contributed by atoms with Crippen LogP contribution in [-0.4, -0.2) is 26.5 Å². The van der Waals surface area contributed by atoms with Crippen molar-refractivity contribution in [2.45, 2.75) is 53.1 Å². The van der Waals surface area contributed by atoms with E-state index in [0.717, 1.165) is 39.3 Å². The molecule has 2 heterocycles. The Morgan fingerprint density at radius 2 is 1.43 bits per heavy atom. The van der Waals surface area contributed by atoms with Gasteiger partial charge in [-0.05, 0) is 60.2 Å². The molecule has 6 nitrogen and oxygen atoms in total. The van der Waals surface area contributed by atoms with Crippen LogP contribution in [0.3, 0.4) is 0 Å². The summed E-state index contributed by atoms with van der Waals surface area (Å²) >= 11 is 0. The number of para-hydroxylation sites is 1. The van der Waals surface area contributed by atoms with Crippen molar-refractivity contribution in [2.75, 3.05) is 0 Å². The van der Waals surface area contributed by atoms with E-state index in [1.165, 1.54) is 5.56 Å². The topological polar surface area (TPSA) is 81.2 Å². The van der Waals surface area contributed by atoms with Gasteiger partial charge in [0.2, 0.25) is 5.91 Å². The molecule has 0 unspecified atom stereocenters. The quantitative estimate of drug-likeness (QED) is 0.396. The summed E-state index contributed by atoms with van der Waals surface area (Å²) in [5.74, 6) is -0.471. The Morgan fingerprint density at radius 1 is 0.838 bits per heavy atom. The highest BCUT2D eigenvalue weighted by Crippen LogP contribution is 2.37. The number of hydrogen-bond donors (Lipinski definition) is 1. The number of carbonyl (C=O) groups excluding carboxylic acids is 2. The number of nitrogens with two attached hydrogens (primary N) is 1. The van der Waals surface area contributed by atoms with Crippen LogP contribution in [0.1, 0.15) is 69.4 Å². The van der Waals surface area contributed by atoms with Gasteiger partial charge in [0.15, 0.2) is 0 Å². The maximum absolute atomic E-state index is 13.4. The molecule has 1 aliphatic rings. The number of benzene rings is 3. The molecule has 0 spiro atoms. The van der Waals surface area contributed by atoms with Gasteiger partial charge in [-0.3, -0.25) is 9.59 Å². The average Bonchev–Trinajstić information content (AvgIpc) is 3.41. The van der Waals surface area contributed by atoms with Crippen LogP contribution in [0.2, 0.25) is 0 Å². The van der Waals surface area contributed by atoms with Gasteiger partial charge in [0.25, 0.3) is 5.91 Å². The SMILES string of the molecule is Cc1cccc(C)c1-n1nc2c(c1-c1ccc(C(N)=O)cc1)CN(C(=O)c1ccc(C(C)(C)C)cc1)C2. The van der Waals surface area contributed by atoms with Gasteiger partial charge in [-0.25, -0.2) is 4.68 Å². The molecule has 0 saturated heterocycles. The standard InChI is InChI=1S/C31H32N4O2/c1-19-7-6-8-20(2)27(19)35-28(21-9-11-22(12-10-21)29(32)36)25-17-34(18-26(25)33-35)30(37)23-13-15-24(16-14-23)31(3,4)5/h6-16H,17-18H2,1-5H3,(H2,32,36). The molecule has 6 heteroatoms. The molecule has 0 bridgehead atoms. The maximum Gasteiger partial charge on any atom is 0.254 e. The third kappa shape index (κ3) is 4.44. The molecule has 2 amide bonds. The van der Waals surface area contributed by atoms with E-state index in [1.807, 2.05) is 52.0 Å². The van der Waals surface area contributed by atoms with Gasteiger partial charge < -0.3 is 10.6 Å². The van der Waals surface area contributed by atoms with E-state index in [9.17, 15) is 9.59 Å². The van der Waals surface area contributed by atoms with Crippen molar-refractivity contribution in [1.29, 1.82) is 0 Å². The molecule has 0 fully saturated rings. The van der Waals surface area contributed by atoms with Crippen LogP contribution in [-0.2, 0) is 18.5 Å². The lowest BCUT2D eigenvalue weighted by Gasteiger charge is -2.21. The van der Waals surface area contributed by atoms with Crippen molar-refractivity contribution in [3.8, 4) is 16.9 Å². The predicted molar refractivity (Wildman–Crippen MR) is 146 cm³/mol. The molecular weight excluding hydrogens is 460 g/mol. The lowest BCUT2D eigenvalue weighted by atomic mass is 9.86. The van der Waals surface area contributed by atoms with Crippen LogP contribution in [0, 0.1) is 13.8 Å². The second-order valence-corrected chi connectivity index (χ2v) is 10.9. The van der Waals surface area contributed by atoms with Gasteiger partial charge in [-0.1, -0.05) is 63.2 Å². The number of carbonyl (C=O) groups is 2. The van der Waals surface area contributed by atoms with Crippen molar-refractivity contribution >= 4 is 11.8 Å². The fourth-order valence-corrected chi connectivity index (χ4v) is 5.05. The first-order valence-corrected chi connectivity index (χ1v) is 12.5. The lowest BCUT2D eigenvalue weighted by molar-refractivity contribution is 0.0749. The molecular formula is C31H32N4O2. The van der Waals surface area contributed by atoms with Gasteiger partial charge >= 0.3 is 0 Å². The minimum absolute atomic E-state index is 0.00731. The summed E-state index contributed by atoms with van der Waals surface area (Å²) in [6, 6.07) is 21.4. The summed E-state index contributed by atoms with van der Waals surface area (Å²) < 4.78 is 1.99. The highest BCUT2D eigenvalue weighted by Gasteiger charge is 2.32. The number of aromatic nitrogens is 2. The maximum atomic E-state index is 13.4. The summed E-state index contributed by atoms with van der Waals surface area (Å²) in [7, 11) is 0. The van der Waals surface area contributed by atoms with Gasteiger partial charge in [-0.15, -0.1) is 0 Å². The zero-order valence-corrected chi connectivity index (χ0v) is 22.0. The van der Waals surface area contributed by atoms with Crippen LogP contribution < -0.4 is 5.73 Å². The zero-order chi connectivity index (χ0) is 26.5. The Labute approximate surface area is 217 Å². The van der Waals surface area contributed by atoms with E-state index in [1.54, 1.807) is 12.1 Å². The highest BCUT2D eigenvalue weighted by atomic mass is 16.2. The minimum Gasteiger partial charge on any atom is -0.366 e. The lowest BCUT2D eigenvalue weighted by Crippen LogP contribution is -2.26. The first-order chi connectivity index (χ1) is 17.5. The number of amides is 2. The van der Waals surface area contributed by atoms with Gasteiger partial charge in [0.1, 0.15) is 0 Å². The van der Waals surface area contributed by atoms with Crippen molar-refractivity contribution in [3.63, 3.8) is 0 Å². The Hall–Kier alpha value is -4.19. The van der Waals surface area contributed by atoms with Crippen molar-refractivity contribution in [2.24, 2.45) is 5.73 Å². The number of rotatable bonds is 4. The van der Waals surface area contributed by atoms with Crippen molar-refractivity contribution in [1.82, 2.24) is 14.7 Å². The molecule has 0 saturated carbocycles. The van der Waals surface area contributed by atoms with E-state index in [4.69, 9.17) is 10.8 Å². The molecule has 3 aromatic carbocycles. The summed E-state index contributed by atoms with van der Waals surface area (Å²) in [6.07, 6.45) is 0. The van der Waals surface area contributed by atoms with Crippen LogP contribution in [0.5, 0.6) is 0 Å². The first-order valence-electron chi connectivity index (χ1n) is 12.5. The van der Waals surface area contributed by atoms with E-state index < -0.39 is 5.91 Å². The second-order valence-electron chi connectivity index (χ2n) is 10.9. The molecule has 0 aliphatic carbocycles. The van der Waals surface area contributed by atoms with E-state index in [2.05, 4.69) is 46.8 Å². The third-order valence-electron chi connectivity index (χ3n) is 7.14. The molecule has 4 aromatic rings. The number of aryl methyl sites for hydroxylation is 2. The minimum atomic E-state index is -0.464. The molecule has 37 heavy (non-hydrogen) atoms. The number of nitrogens with zero attached hydrogens (tertiary/aromatic N) is 3. The fourth-order valence-electron chi connectivity index (χ4n) is 5.05. The van der Waals surface area contributed by atoms with E-state index in [-0.39, 0.29) is 11.3 Å². The van der Waals surface area contributed by atoms with Crippen LogP contribution in [0.15, 0.2) is 66.7 Å². The van der Waals surface area contributed by atoms with Crippen molar-refractivity contribution < 1.29 is 9.59 Å². The monoisotopic (exact) mass is 492 g/mol. The van der Waals surface area contributed by atoms with Crippen LogP contribution in [0.25, 0.3) is 16.9 Å². The molecule has 188 valence electrons. The molecule has 1 aromatic heterocycles. The van der Waals surface area contributed by atoms with Crippen molar-refractivity contribution in [3.05, 3.63) is 106 Å². The zero-order valence-electron chi connectivity index (χ0n) is 22.0. The fraction of sp³-hybridized carbons (Fsp3) is 0.258. The van der Waals surface area contributed by atoms with Gasteiger partial charge in [0.05, 0.1) is 30.2 Å². The first kappa shape index (κ1) is 24.5. The molecule has 0 atom stereocenters. The molecule has 2 N–H and O–H groups in total. The smallest absolute Gasteiger partial charge is 0.254 e. The Morgan fingerprint density at radius 3 is 2.00 bits per heavy atom. The normalized spacial score (nSPS) is 13.1.